The van der Waals surface area contributed by atoms with Crippen molar-refractivity contribution in [3.8, 4) is 5.75 Å². The largest absolute Gasteiger partial charge is 0.491 e. The molecule has 2 atom stereocenters. The summed E-state index contributed by atoms with van der Waals surface area (Å²) in [6, 6.07) is 7.05. The number of hydrogen-bond acceptors (Lipinski definition) is 4. The number of carbonyl (C=O) groups excluding carboxylic acids is 1. The van der Waals surface area contributed by atoms with Crippen molar-refractivity contribution in [1.82, 2.24) is 4.90 Å². The number of rotatable bonds is 5. The maximum absolute atomic E-state index is 12.6. The van der Waals surface area contributed by atoms with Crippen LogP contribution in [0.15, 0.2) is 24.3 Å². The van der Waals surface area contributed by atoms with Gasteiger partial charge in [0.2, 0.25) is 0 Å². The summed E-state index contributed by atoms with van der Waals surface area (Å²) in [6.45, 7) is 3.65. The number of carboxylic acid groups (broad SMARTS) is 1. The third kappa shape index (κ3) is 3.53. The number of ether oxygens (including phenoxy) is 2. The number of nitrogens with zero attached hydrogens (tertiary/aromatic N) is 1. The van der Waals surface area contributed by atoms with Gasteiger partial charge in [0, 0.05) is 25.3 Å². The van der Waals surface area contributed by atoms with Crippen LogP contribution in [0.5, 0.6) is 5.75 Å². The topological polar surface area (TPSA) is 76.1 Å². The van der Waals surface area contributed by atoms with Crippen LogP contribution >= 0.6 is 0 Å². The molecule has 2 aliphatic heterocycles. The molecule has 1 amide bonds. The van der Waals surface area contributed by atoms with E-state index in [1.54, 1.807) is 30.0 Å². The van der Waals surface area contributed by atoms with E-state index in [2.05, 4.69) is 0 Å². The monoisotopic (exact) mass is 333 g/mol. The Balaban J connectivity index is 1.63. The van der Waals surface area contributed by atoms with E-state index in [9.17, 15) is 14.7 Å². The summed E-state index contributed by atoms with van der Waals surface area (Å²) in [6.07, 6.45) is 2.66. The van der Waals surface area contributed by atoms with E-state index < -0.39 is 11.4 Å². The van der Waals surface area contributed by atoms with Gasteiger partial charge in [-0.2, -0.15) is 0 Å². The van der Waals surface area contributed by atoms with Gasteiger partial charge in [-0.1, -0.05) is 6.07 Å². The van der Waals surface area contributed by atoms with Crippen LogP contribution in [0.1, 0.15) is 36.5 Å². The van der Waals surface area contributed by atoms with E-state index in [1.807, 2.05) is 6.07 Å². The van der Waals surface area contributed by atoms with Gasteiger partial charge in [0.1, 0.15) is 12.4 Å². The first kappa shape index (κ1) is 16.8. The van der Waals surface area contributed by atoms with Crippen LogP contribution in [0.25, 0.3) is 0 Å². The van der Waals surface area contributed by atoms with Gasteiger partial charge in [0.05, 0.1) is 11.5 Å². The molecule has 2 unspecified atom stereocenters. The highest BCUT2D eigenvalue weighted by molar-refractivity contribution is 5.95. The van der Waals surface area contributed by atoms with Crippen molar-refractivity contribution < 1.29 is 24.2 Å². The Morgan fingerprint density at radius 1 is 1.46 bits per heavy atom. The average Bonchev–Trinajstić information content (AvgIpc) is 3.23. The predicted octanol–water partition coefficient (Wildman–Crippen LogP) is 2.18. The van der Waals surface area contributed by atoms with Gasteiger partial charge in [-0.05, 0) is 44.4 Å². The Kier molecular flexibility index (Phi) is 4.76. The molecule has 0 spiro atoms. The number of hydrogen-bond donors (Lipinski definition) is 1. The second-order valence-corrected chi connectivity index (χ2v) is 6.82. The van der Waals surface area contributed by atoms with E-state index in [4.69, 9.17) is 9.47 Å². The molecule has 130 valence electrons. The third-order valence-electron chi connectivity index (χ3n) is 4.82. The quantitative estimate of drug-likeness (QED) is 0.894. The van der Waals surface area contributed by atoms with Crippen molar-refractivity contribution in [2.24, 2.45) is 5.41 Å². The third-order valence-corrected chi connectivity index (χ3v) is 4.82. The molecule has 1 N–H and O–H groups in total. The zero-order chi connectivity index (χ0) is 17.2. The minimum absolute atomic E-state index is 0.124. The highest BCUT2D eigenvalue weighted by Gasteiger charge is 2.42. The molecule has 24 heavy (non-hydrogen) atoms. The Bertz CT molecular complexity index is 626. The molecule has 0 saturated carbocycles. The van der Waals surface area contributed by atoms with Crippen molar-refractivity contribution in [3.63, 3.8) is 0 Å². The number of carbonyl (C=O) groups is 2. The Labute approximate surface area is 141 Å². The van der Waals surface area contributed by atoms with Crippen LogP contribution in [-0.4, -0.2) is 54.3 Å². The van der Waals surface area contributed by atoms with Crippen molar-refractivity contribution in [1.29, 1.82) is 0 Å². The van der Waals surface area contributed by atoms with Crippen LogP contribution in [-0.2, 0) is 9.53 Å². The van der Waals surface area contributed by atoms with Gasteiger partial charge in [-0.15, -0.1) is 0 Å². The lowest BCUT2D eigenvalue weighted by Gasteiger charge is -2.20. The van der Waals surface area contributed by atoms with Crippen molar-refractivity contribution in [2.45, 2.75) is 32.3 Å². The van der Waals surface area contributed by atoms with Crippen molar-refractivity contribution >= 4 is 11.9 Å². The molecule has 0 aromatic heterocycles. The molecule has 0 radical (unpaired) electrons. The molecule has 6 heteroatoms. The first-order valence-electron chi connectivity index (χ1n) is 8.35. The molecule has 0 bridgehead atoms. The van der Waals surface area contributed by atoms with E-state index in [1.165, 1.54) is 0 Å². The van der Waals surface area contributed by atoms with Crippen LogP contribution < -0.4 is 4.74 Å². The Hall–Kier alpha value is -2.08. The number of benzene rings is 1. The molecular formula is C18H23NO5. The average molecular weight is 333 g/mol. The molecular weight excluding hydrogens is 310 g/mol. The minimum Gasteiger partial charge on any atom is -0.491 e. The fourth-order valence-corrected chi connectivity index (χ4v) is 3.18. The first-order chi connectivity index (χ1) is 11.5. The van der Waals surface area contributed by atoms with Crippen LogP contribution in [0.3, 0.4) is 0 Å². The predicted molar refractivity (Wildman–Crippen MR) is 87.2 cm³/mol. The number of amides is 1. The second-order valence-electron chi connectivity index (χ2n) is 6.82. The summed E-state index contributed by atoms with van der Waals surface area (Å²) in [5.74, 6) is -0.370. The highest BCUT2D eigenvalue weighted by Crippen LogP contribution is 2.31. The van der Waals surface area contributed by atoms with E-state index in [0.29, 0.717) is 30.9 Å². The molecule has 3 rings (SSSR count). The minimum atomic E-state index is -0.858. The van der Waals surface area contributed by atoms with Gasteiger partial charge < -0.3 is 19.5 Å². The second kappa shape index (κ2) is 6.81. The summed E-state index contributed by atoms with van der Waals surface area (Å²) in [5.41, 5.74) is -0.335. The molecule has 1 aromatic carbocycles. The molecule has 6 nitrogen and oxygen atoms in total. The molecule has 2 aliphatic rings. The van der Waals surface area contributed by atoms with Gasteiger partial charge >= 0.3 is 5.97 Å². The summed E-state index contributed by atoms with van der Waals surface area (Å²) in [7, 11) is 0. The maximum atomic E-state index is 12.6. The van der Waals surface area contributed by atoms with Crippen LogP contribution in [0, 0.1) is 5.41 Å². The molecule has 0 aliphatic carbocycles. The smallest absolute Gasteiger partial charge is 0.311 e. The van der Waals surface area contributed by atoms with E-state index >= 15 is 0 Å². The molecule has 2 saturated heterocycles. The summed E-state index contributed by atoms with van der Waals surface area (Å²) < 4.78 is 11.3. The van der Waals surface area contributed by atoms with Gasteiger partial charge in [-0.3, -0.25) is 9.59 Å². The summed E-state index contributed by atoms with van der Waals surface area (Å²) in [5, 5.41) is 9.29. The first-order valence-corrected chi connectivity index (χ1v) is 8.35. The molecule has 2 heterocycles. The SMILES string of the molecule is CC1(C(=O)O)CCN(C(=O)c2cccc(OCC3CCCO3)c2)C1. The van der Waals surface area contributed by atoms with Crippen LogP contribution in [0.4, 0.5) is 0 Å². The Morgan fingerprint density at radius 2 is 2.29 bits per heavy atom. The van der Waals surface area contributed by atoms with Gasteiger partial charge in [0.25, 0.3) is 5.91 Å². The van der Waals surface area contributed by atoms with Gasteiger partial charge in [-0.25, -0.2) is 0 Å². The van der Waals surface area contributed by atoms with E-state index in [0.717, 1.165) is 19.4 Å². The lowest BCUT2D eigenvalue weighted by molar-refractivity contribution is -0.147. The zero-order valence-electron chi connectivity index (χ0n) is 13.9. The fourth-order valence-electron chi connectivity index (χ4n) is 3.18. The lowest BCUT2D eigenvalue weighted by atomic mass is 9.90. The van der Waals surface area contributed by atoms with E-state index in [-0.39, 0.29) is 18.6 Å². The van der Waals surface area contributed by atoms with Crippen molar-refractivity contribution in [3.05, 3.63) is 29.8 Å². The maximum Gasteiger partial charge on any atom is 0.311 e. The normalized spacial score (nSPS) is 26.5. The Morgan fingerprint density at radius 3 is 2.96 bits per heavy atom. The summed E-state index contributed by atoms with van der Waals surface area (Å²) >= 11 is 0. The lowest BCUT2D eigenvalue weighted by Crippen LogP contribution is -2.34. The number of carboxylic acids is 1. The zero-order valence-corrected chi connectivity index (χ0v) is 13.9. The molecule has 1 aromatic rings. The fraction of sp³-hybridized carbons (Fsp3) is 0.556. The van der Waals surface area contributed by atoms with Crippen molar-refractivity contribution in [2.75, 3.05) is 26.3 Å². The molecule has 2 fully saturated rings. The van der Waals surface area contributed by atoms with Gasteiger partial charge in [0.15, 0.2) is 0 Å². The van der Waals surface area contributed by atoms with Crippen LogP contribution in [0.2, 0.25) is 0 Å². The highest BCUT2D eigenvalue weighted by atomic mass is 16.5. The summed E-state index contributed by atoms with van der Waals surface area (Å²) in [4.78, 5) is 25.6. The number of aliphatic carboxylic acids is 1. The number of likely N-dealkylation sites (tertiary alicyclic amines) is 1. The standard InChI is InChI=1S/C18H23NO5/c1-18(17(21)22)7-8-19(12-18)16(20)13-4-2-5-14(10-13)24-11-15-6-3-9-23-15/h2,4-5,10,15H,3,6-9,11-12H2,1H3,(H,21,22).